The van der Waals surface area contributed by atoms with Gasteiger partial charge in [0.05, 0.1) is 12.7 Å². The van der Waals surface area contributed by atoms with Gasteiger partial charge in [0.25, 0.3) is 0 Å². The minimum absolute atomic E-state index is 0.429. The smallest absolute Gasteiger partial charge is 0.328 e. The number of rotatable bonds is 15. The highest BCUT2D eigenvalue weighted by molar-refractivity contribution is 5.94. The van der Waals surface area contributed by atoms with E-state index in [1.807, 2.05) is 5.32 Å². The molecule has 0 bridgehead atoms. The van der Waals surface area contributed by atoms with Crippen LogP contribution < -0.4 is 21.7 Å². The largest absolute Gasteiger partial charge is 0.481 e. The molecular weight excluding hydrogens is 436 g/mol. The Hall–Kier alpha value is -3.30. The van der Waals surface area contributed by atoms with Crippen molar-refractivity contribution in [3.05, 3.63) is 0 Å². The third kappa shape index (κ3) is 10.6. The summed E-state index contributed by atoms with van der Waals surface area (Å²) in [7, 11) is 0. The highest BCUT2D eigenvalue weighted by Crippen LogP contribution is 2.05. The molecule has 5 atom stereocenters. The third-order valence-corrected chi connectivity index (χ3v) is 4.18. The summed E-state index contributed by atoms with van der Waals surface area (Å²) in [4.78, 5) is 69.7. The predicted octanol–water partition coefficient (Wildman–Crippen LogP) is -4.04. The Morgan fingerprint density at radius 2 is 1.12 bits per heavy atom. The van der Waals surface area contributed by atoms with Crippen LogP contribution in [-0.2, 0) is 28.8 Å². The molecule has 0 saturated heterocycles. The zero-order valence-corrected chi connectivity index (χ0v) is 17.2. The second kappa shape index (κ2) is 13.9. The molecule has 0 aromatic carbocycles. The summed E-state index contributed by atoms with van der Waals surface area (Å²) in [5, 5.41) is 51.2. The van der Waals surface area contributed by atoms with Crippen LogP contribution in [0.25, 0.3) is 0 Å². The van der Waals surface area contributed by atoms with Gasteiger partial charge >= 0.3 is 17.9 Å². The van der Waals surface area contributed by atoms with E-state index < -0.39 is 98.2 Å². The number of hydrogen-bond acceptors (Lipinski definition) is 9. The summed E-state index contributed by atoms with van der Waals surface area (Å²) < 4.78 is 0. The number of aliphatic hydroxyl groups is 2. The first-order chi connectivity index (χ1) is 14.8. The van der Waals surface area contributed by atoms with E-state index in [2.05, 4.69) is 10.6 Å². The lowest BCUT2D eigenvalue weighted by Crippen LogP contribution is -2.58. The molecule has 0 aliphatic rings. The number of carbonyl (C=O) groups excluding carboxylic acids is 3. The number of carboxylic acids is 3. The van der Waals surface area contributed by atoms with Crippen molar-refractivity contribution in [2.45, 2.75) is 62.9 Å². The van der Waals surface area contributed by atoms with Gasteiger partial charge in [-0.2, -0.15) is 0 Å². The molecule has 15 nitrogen and oxygen atoms in total. The van der Waals surface area contributed by atoms with Gasteiger partial charge in [0, 0.05) is 12.8 Å². The Bertz CT molecular complexity index is 713. The zero-order valence-electron chi connectivity index (χ0n) is 17.2. The van der Waals surface area contributed by atoms with Crippen molar-refractivity contribution in [2.24, 2.45) is 5.73 Å². The molecule has 0 saturated carbocycles. The fourth-order valence-electron chi connectivity index (χ4n) is 2.29. The molecular formula is C17H28N4O11. The summed E-state index contributed by atoms with van der Waals surface area (Å²) in [6.45, 7) is 0.234. The fraction of sp³-hybridized carbons (Fsp3) is 0.647. The molecule has 0 radical (unpaired) electrons. The predicted molar refractivity (Wildman–Crippen MR) is 104 cm³/mol. The number of nitrogens with one attached hydrogen (secondary N) is 3. The molecule has 3 amide bonds. The topological polar surface area (TPSA) is 266 Å². The monoisotopic (exact) mass is 464 g/mol. The Morgan fingerprint density at radius 3 is 1.44 bits per heavy atom. The molecule has 15 heteroatoms. The SMILES string of the molecule is CC(O)C(N)C(=O)NC(CCC(=O)O)C(=O)NC(CCC(=O)O)C(=O)NC(CO)C(=O)O. The van der Waals surface area contributed by atoms with E-state index in [1.54, 1.807) is 0 Å². The standard InChI is InChI=1S/C17H28N4O11/c1-7(23)13(18)16(30)20-9(3-5-12(26)27)14(28)19-8(2-4-11(24)25)15(29)21-10(6-22)17(31)32/h7-10,13,22-23H,2-6,18H2,1H3,(H,19,28)(H,20,30)(H,21,29)(H,24,25)(H,26,27)(H,31,32). The number of carboxylic acid groups (broad SMARTS) is 3. The molecule has 0 aliphatic heterocycles. The molecule has 0 spiro atoms. The minimum Gasteiger partial charge on any atom is -0.481 e. The first kappa shape index (κ1) is 28.7. The van der Waals surface area contributed by atoms with E-state index in [-0.39, 0.29) is 0 Å². The molecule has 0 fully saturated rings. The van der Waals surface area contributed by atoms with Crippen molar-refractivity contribution in [3.8, 4) is 0 Å². The number of carbonyl (C=O) groups is 6. The van der Waals surface area contributed by atoms with E-state index >= 15 is 0 Å². The highest BCUT2D eigenvalue weighted by atomic mass is 16.4. The zero-order chi connectivity index (χ0) is 25.0. The Morgan fingerprint density at radius 1 is 0.750 bits per heavy atom. The van der Waals surface area contributed by atoms with Crippen molar-refractivity contribution in [2.75, 3.05) is 6.61 Å². The summed E-state index contributed by atoms with van der Waals surface area (Å²) in [6, 6.07) is -6.27. The third-order valence-electron chi connectivity index (χ3n) is 4.18. The van der Waals surface area contributed by atoms with E-state index in [9.17, 15) is 33.9 Å². The quantitative estimate of drug-likeness (QED) is 0.112. The Balaban J connectivity index is 5.55. The molecule has 0 rings (SSSR count). The van der Waals surface area contributed by atoms with Gasteiger partial charge in [0.2, 0.25) is 17.7 Å². The van der Waals surface area contributed by atoms with Crippen molar-refractivity contribution >= 4 is 35.6 Å². The number of nitrogens with two attached hydrogens (primary N) is 1. The van der Waals surface area contributed by atoms with Crippen molar-refractivity contribution in [1.82, 2.24) is 16.0 Å². The first-order valence-corrected chi connectivity index (χ1v) is 9.42. The molecule has 32 heavy (non-hydrogen) atoms. The van der Waals surface area contributed by atoms with Gasteiger partial charge in [0.15, 0.2) is 0 Å². The number of aliphatic hydroxyl groups excluding tert-OH is 2. The van der Waals surface area contributed by atoms with Gasteiger partial charge in [-0.3, -0.25) is 24.0 Å². The fourth-order valence-corrected chi connectivity index (χ4v) is 2.29. The van der Waals surface area contributed by atoms with E-state index in [1.165, 1.54) is 6.92 Å². The van der Waals surface area contributed by atoms with Crippen LogP contribution in [0.15, 0.2) is 0 Å². The van der Waals surface area contributed by atoms with Gasteiger partial charge in [-0.1, -0.05) is 0 Å². The molecule has 10 N–H and O–H groups in total. The number of hydrogen-bond donors (Lipinski definition) is 9. The normalized spacial score (nSPS) is 15.4. The van der Waals surface area contributed by atoms with Gasteiger partial charge in [-0.15, -0.1) is 0 Å². The van der Waals surface area contributed by atoms with Crippen LogP contribution in [-0.4, -0.2) is 98.0 Å². The van der Waals surface area contributed by atoms with Crippen molar-refractivity contribution in [1.29, 1.82) is 0 Å². The van der Waals surface area contributed by atoms with Crippen molar-refractivity contribution in [3.63, 3.8) is 0 Å². The van der Waals surface area contributed by atoms with Crippen LogP contribution in [0.2, 0.25) is 0 Å². The summed E-state index contributed by atoms with van der Waals surface area (Å²) in [5.74, 6) is -7.38. The molecule has 5 unspecified atom stereocenters. The maximum atomic E-state index is 12.6. The Kier molecular flexibility index (Phi) is 12.5. The van der Waals surface area contributed by atoms with Crippen LogP contribution in [0.3, 0.4) is 0 Å². The minimum atomic E-state index is -1.72. The lowest BCUT2D eigenvalue weighted by atomic mass is 10.1. The Labute approximate surface area is 182 Å². The van der Waals surface area contributed by atoms with E-state index in [0.717, 1.165) is 0 Å². The second-order valence-electron chi connectivity index (χ2n) is 6.84. The number of aliphatic carboxylic acids is 3. The first-order valence-electron chi connectivity index (χ1n) is 9.42. The lowest BCUT2D eigenvalue weighted by molar-refractivity contribution is -0.144. The molecule has 0 aromatic rings. The average Bonchev–Trinajstić information content (AvgIpc) is 2.70. The van der Waals surface area contributed by atoms with Gasteiger partial charge < -0.3 is 47.2 Å². The molecule has 0 heterocycles. The van der Waals surface area contributed by atoms with Crippen molar-refractivity contribution < 1.29 is 54.3 Å². The summed E-state index contributed by atoms with van der Waals surface area (Å²) in [5.41, 5.74) is 5.47. The van der Waals surface area contributed by atoms with Crippen LogP contribution >= 0.6 is 0 Å². The van der Waals surface area contributed by atoms with Gasteiger partial charge in [-0.25, -0.2) is 4.79 Å². The lowest BCUT2D eigenvalue weighted by Gasteiger charge is -2.25. The summed E-state index contributed by atoms with van der Waals surface area (Å²) in [6.07, 6.45) is -3.37. The summed E-state index contributed by atoms with van der Waals surface area (Å²) >= 11 is 0. The maximum absolute atomic E-state index is 12.6. The van der Waals surface area contributed by atoms with Crippen LogP contribution in [0.1, 0.15) is 32.6 Å². The highest BCUT2D eigenvalue weighted by Gasteiger charge is 2.31. The van der Waals surface area contributed by atoms with E-state index in [4.69, 9.17) is 26.2 Å². The molecule has 182 valence electrons. The van der Waals surface area contributed by atoms with Crippen LogP contribution in [0.4, 0.5) is 0 Å². The number of amides is 3. The second-order valence-corrected chi connectivity index (χ2v) is 6.84. The molecule has 0 aromatic heterocycles. The van der Waals surface area contributed by atoms with Crippen LogP contribution in [0.5, 0.6) is 0 Å². The van der Waals surface area contributed by atoms with Gasteiger partial charge in [-0.05, 0) is 19.8 Å². The average molecular weight is 464 g/mol. The van der Waals surface area contributed by atoms with Gasteiger partial charge in [0.1, 0.15) is 24.2 Å². The van der Waals surface area contributed by atoms with Crippen LogP contribution in [0, 0.1) is 0 Å². The maximum Gasteiger partial charge on any atom is 0.328 e. The van der Waals surface area contributed by atoms with E-state index in [0.29, 0.717) is 0 Å². The molecule has 0 aliphatic carbocycles.